The lowest BCUT2D eigenvalue weighted by Crippen LogP contribution is -2.28. The Morgan fingerprint density at radius 1 is 1.50 bits per heavy atom. The average Bonchev–Trinajstić information content (AvgIpc) is 2.30. The molecule has 0 bridgehead atoms. The molecule has 0 aromatic carbocycles. The monoisotopic (exact) mass is 222 g/mol. The van der Waals surface area contributed by atoms with Crippen molar-refractivity contribution in [2.75, 3.05) is 13.1 Å². The molecule has 88 valence electrons. The molecule has 0 fully saturated rings. The topological polar surface area (TPSA) is 53.4 Å². The zero-order valence-electron chi connectivity index (χ0n) is 9.97. The summed E-state index contributed by atoms with van der Waals surface area (Å²) < 4.78 is 0. The van der Waals surface area contributed by atoms with Gasteiger partial charge in [-0.25, -0.2) is 4.79 Å². The molecule has 1 rings (SSSR count). The molecule has 4 nitrogen and oxygen atoms in total. The van der Waals surface area contributed by atoms with Crippen molar-refractivity contribution in [1.29, 1.82) is 0 Å². The maximum absolute atomic E-state index is 11.1. The second-order valence-corrected chi connectivity index (χ2v) is 3.64. The quantitative estimate of drug-likeness (QED) is 0.829. The molecule has 1 heterocycles. The predicted octanol–water partition coefficient (Wildman–Crippen LogP) is 2.18. The van der Waals surface area contributed by atoms with Gasteiger partial charge in [-0.15, -0.1) is 0 Å². The molecule has 16 heavy (non-hydrogen) atoms. The lowest BCUT2D eigenvalue weighted by Gasteiger charge is -2.26. The van der Waals surface area contributed by atoms with Gasteiger partial charge in [-0.1, -0.05) is 13.8 Å². The fourth-order valence-electron chi connectivity index (χ4n) is 1.88. The first-order chi connectivity index (χ1) is 7.61. The fraction of sp³-hybridized carbons (Fsp3) is 0.500. The Bertz CT molecular complexity index is 362. The first-order valence-electron chi connectivity index (χ1n) is 5.54. The zero-order valence-corrected chi connectivity index (χ0v) is 9.97. The number of carboxylic acid groups (broad SMARTS) is 1. The molecular formula is C12H18N2O2. The molecule has 1 aromatic heterocycles. The van der Waals surface area contributed by atoms with Gasteiger partial charge in [0.15, 0.2) is 0 Å². The Morgan fingerprint density at radius 2 is 2.12 bits per heavy atom. The number of aromatic carboxylic acids is 1. The number of rotatable bonds is 5. The van der Waals surface area contributed by atoms with E-state index >= 15 is 0 Å². The van der Waals surface area contributed by atoms with Gasteiger partial charge in [0.05, 0.1) is 17.3 Å². The minimum Gasteiger partial charge on any atom is -0.478 e. The molecule has 0 aliphatic carbocycles. The van der Waals surface area contributed by atoms with E-state index in [0.717, 1.165) is 13.1 Å². The van der Waals surface area contributed by atoms with Crippen LogP contribution in [-0.4, -0.2) is 34.0 Å². The maximum Gasteiger partial charge on any atom is 0.337 e. The van der Waals surface area contributed by atoms with Gasteiger partial charge in [0.25, 0.3) is 0 Å². The summed E-state index contributed by atoms with van der Waals surface area (Å²) >= 11 is 0. The van der Waals surface area contributed by atoms with Crippen LogP contribution in [0.3, 0.4) is 0 Å². The third kappa shape index (κ3) is 2.58. The Labute approximate surface area is 95.9 Å². The highest BCUT2D eigenvalue weighted by atomic mass is 16.4. The van der Waals surface area contributed by atoms with Gasteiger partial charge in [0.1, 0.15) is 0 Å². The molecule has 0 radical (unpaired) electrons. The number of hydrogen-bond donors (Lipinski definition) is 1. The molecule has 0 saturated carbocycles. The minimum absolute atomic E-state index is 0.0299. The highest BCUT2D eigenvalue weighted by Crippen LogP contribution is 2.20. The summed E-state index contributed by atoms with van der Waals surface area (Å²) in [7, 11) is 0. The van der Waals surface area contributed by atoms with Crippen LogP contribution in [0.2, 0.25) is 0 Å². The van der Waals surface area contributed by atoms with Crippen LogP contribution in [0.15, 0.2) is 18.3 Å². The number of nitrogens with zero attached hydrogens (tertiary/aromatic N) is 2. The molecule has 1 atom stereocenters. The van der Waals surface area contributed by atoms with E-state index in [1.165, 1.54) is 0 Å². The summed E-state index contributed by atoms with van der Waals surface area (Å²) in [6, 6.07) is 3.29. The molecule has 0 saturated heterocycles. The van der Waals surface area contributed by atoms with E-state index in [4.69, 9.17) is 5.11 Å². The van der Waals surface area contributed by atoms with Gasteiger partial charge in [0, 0.05) is 6.20 Å². The van der Waals surface area contributed by atoms with Crippen molar-refractivity contribution in [2.45, 2.75) is 26.8 Å². The first kappa shape index (κ1) is 12.6. The van der Waals surface area contributed by atoms with Crippen molar-refractivity contribution in [3.05, 3.63) is 29.6 Å². The van der Waals surface area contributed by atoms with Gasteiger partial charge >= 0.3 is 5.97 Å². The van der Waals surface area contributed by atoms with Crippen LogP contribution in [0.25, 0.3) is 0 Å². The van der Waals surface area contributed by atoms with Crippen molar-refractivity contribution >= 4 is 5.97 Å². The van der Waals surface area contributed by atoms with Crippen molar-refractivity contribution in [1.82, 2.24) is 9.88 Å². The Balaban J connectivity index is 3.07. The molecule has 0 amide bonds. The number of aromatic nitrogens is 1. The van der Waals surface area contributed by atoms with E-state index in [9.17, 15) is 4.79 Å². The van der Waals surface area contributed by atoms with Crippen LogP contribution in [0.4, 0.5) is 0 Å². The van der Waals surface area contributed by atoms with Crippen molar-refractivity contribution < 1.29 is 9.90 Å². The van der Waals surface area contributed by atoms with Crippen LogP contribution in [0.5, 0.6) is 0 Å². The van der Waals surface area contributed by atoms with Crippen LogP contribution in [-0.2, 0) is 0 Å². The molecule has 0 aliphatic rings. The second kappa shape index (κ2) is 5.61. The molecule has 1 unspecified atom stereocenters. The third-order valence-electron chi connectivity index (χ3n) is 2.82. The van der Waals surface area contributed by atoms with Crippen molar-refractivity contribution in [2.24, 2.45) is 0 Å². The van der Waals surface area contributed by atoms with Crippen LogP contribution < -0.4 is 0 Å². The molecule has 0 spiro atoms. The fourth-order valence-corrected chi connectivity index (χ4v) is 1.88. The molecule has 4 heteroatoms. The summed E-state index contributed by atoms with van der Waals surface area (Å²) in [5.74, 6) is -0.915. The Kier molecular flexibility index (Phi) is 4.43. The molecule has 1 aromatic rings. The molecule has 1 N–H and O–H groups in total. The van der Waals surface area contributed by atoms with E-state index in [2.05, 4.69) is 23.7 Å². The summed E-state index contributed by atoms with van der Waals surface area (Å²) in [4.78, 5) is 17.4. The zero-order chi connectivity index (χ0) is 12.1. The van der Waals surface area contributed by atoms with Crippen molar-refractivity contribution in [3.8, 4) is 0 Å². The van der Waals surface area contributed by atoms with Crippen molar-refractivity contribution in [3.63, 3.8) is 0 Å². The van der Waals surface area contributed by atoms with Gasteiger partial charge in [-0.05, 0) is 32.1 Å². The van der Waals surface area contributed by atoms with E-state index < -0.39 is 5.97 Å². The Morgan fingerprint density at radius 3 is 2.62 bits per heavy atom. The van der Waals surface area contributed by atoms with E-state index in [0.29, 0.717) is 11.3 Å². The van der Waals surface area contributed by atoms with E-state index in [1.54, 1.807) is 18.3 Å². The highest BCUT2D eigenvalue weighted by Gasteiger charge is 2.20. The number of carbonyl (C=O) groups is 1. The van der Waals surface area contributed by atoms with Crippen LogP contribution in [0.1, 0.15) is 42.9 Å². The summed E-state index contributed by atoms with van der Waals surface area (Å²) in [6.07, 6.45) is 1.64. The SMILES string of the molecule is CCN(CC)C(C)c1ncccc1C(=O)O. The standard InChI is InChI=1S/C12H18N2O2/c1-4-14(5-2)9(3)11-10(12(15)16)7-6-8-13-11/h6-9H,4-5H2,1-3H3,(H,15,16). The molecule has 0 aliphatic heterocycles. The second-order valence-electron chi connectivity index (χ2n) is 3.64. The number of hydrogen-bond acceptors (Lipinski definition) is 3. The van der Waals surface area contributed by atoms with E-state index in [-0.39, 0.29) is 6.04 Å². The lowest BCUT2D eigenvalue weighted by atomic mass is 10.1. The smallest absolute Gasteiger partial charge is 0.337 e. The molecular weight excluding hydrogens is 204 g/mol. The van der Waals surface area contributed by atoms with Gasteiger partial charge in [0.2, 0.25) is 0 Å². The van der Waals surface area contributed by atoms with E-state index in [1.807, 2.05) is 6.92 Å². The van der Waals surface area contributed by atoms with Crippen LogP contribution >= 0.6 is 0 Å². The number of carboxylic acids is 1. The summed E-state index contributed by atoms with van der Waals surface area (Å²) in [6.45, 7) is 7.87. The highest BCUT2D eigenvalue weighted by molar-refractivity contribution is 5.88. The average molecular weight is 222 g/mol. The Hall–Kier alpha value is -1.42. The van der Waals surface area contributed by atoms with Gasteiger partial charge in [-0.3, -0.25) is 9.88 Å². The summed E-state index contributed by atoms with van der Waals surface area (Å²) in [5.41, 5.74) is 0.931. The van der Waals surface area contributed by atoms with Gasteiger partial charge in [-0.2, -0.15) is 0 Å². The normalized spacial score (nSPS) is 12.8. The number of pyridine rings is 1. The van der Waals surface area contributed by atoms with Gasteiger partial charge < -0.3 is 5.11 Å². The lowest BCUT2D eigenvalue weighted by molar-refractivity contribution is 0.0692. The van der Waals surface area contributed by atoms with Crippen LogP contribution in [0, 0.1) is 0 Å². The first-order valence-corrected chi connectivity index (χ1v) is 5.54. The maximum atomic E-state index is 11.1. The summed E-state index contributed by atoms with van der Waals surface area (Å²) in [5, 5.41) is 9.08. The third-order valence-corrected chi connectivity index (χ3v) is 2.82. The largest absolute Gasteiger partial charge is 0.478 e. The predicted molar refractivity (Wildman–Crippen MR) is 62.5 cm³/mol. The minimum atomic E-state index is -0.915.